The molecule has 164 valence electrons. The van der Waals surface area contributed by atoms with Crippen molar-refractivity contribution in [2.45, 2.75) is 95.7 Å². The molecule has 1 saturated heterocycles. The molecule has 2 aliphatic carbocycles. The molecule has 4 nitrogen and oxygen atoms in total. The Kier molecular flexibility index (Phi) is 6.74. The molecule has 1 aromatic rings. The zero-order valence-electron chi connectivity index (χ0n) is 18.2. The zero-order valence-corrected chi connectivity index (χ0v) is 18.2. The highest BCUT2D eigenvalue weighted by Gasteiger charge is 2.45. The fourth-order valence-corrected chi connectivity index (χ4v) is 5.66. The maximum atomic E-state index is 13.8. The SMILES string of the molecule is CC1CCC(N2CC(=O)N(C3CCCCCCC3)[C@H](c3ccc(F)cc3)C2=O)CC1. The lowest BCUT2D eigenvalue weighted by molar-refractivity contribution is -0.162. The maximum absolute atomic E-state index is 13.8. The van der Waals surface area contributed by atoms with Crippen molar-refractivity contribution >= 4 is 11.8 Å². The standard InChI is InChI=1S/C25H35FN2O2/c1-18-9-15-21(16-10-18)27-17-23(29)28(22-7-5-3-2-4-6-8-22)24(25(27)30)19-11-13-20(26)14-12-19/h11-14,18,21-22,24H,2-10,15-17H2,1H3/t18?,21?,24-/m1/s1. The van der Waals surface area contributed by atoms with Crippen LogP contribution in [0.15, 0.2) is 24.3 Å². The van der Waals surface area contributed by atoms with E-state index in [1.54, 1.807) is 12.1 Å². The lowest BCUT2D eigenvalue weighted by Gasteiger charge is -2.48. The maximum Gasteiger partial charge on any atom is 0.250 e. The van der Waals surface area contributed by atoms with Gasteiger partial charge in [-0.1, -0.05) is 51.2 Å². The van der Waals surface area contributed by atoms with Crippen molar-refractivity contribution in [3.8, 4) is 0 Å². The Morgan fingerprint density at radius 1 is 0.800 bits per heavy atom. The summed E-state index contributed by atoms with van der Waals surface area (Å²) in [5.41, 5.74) is 0.741. The van der Waals surface area contributed by atoms with E-state index in [0.717, 1.165) is 56.9 Å². The second-order valence-corrected chi connectivity index (χ2v) is 9.63. The van der Waals surface area contributed by atoms with E-state index in [9.17, 15) is 14.0 Å². The van der Waals surface area contributed by atoms with Crippen LogP contribution in [-0.2, 0) is 9.59 Å². The van der Waals surface area contributed by atoms with Crippen molar-refractivity contribution < 1.29 is 14.0 Å². The van der Waals surface area contributed by atoms with Gasteiger partial charge in [0.15, 0.2) is 0 Å². The predicted molar refractivity (Wildman–Crippen MR) is 115 cm³/mol. The van der Waals surface area contributed by atoms with Gasteiger partial charge in [0.2, 0.25) is 5.91 Å². The van der Waals surface area contributed by atoms with Gasteiger partial charge in [-0.25, -0.2) is 4.39 Å². The molecule has 1 aliphatic heterocycles. The van der Waals surface area contributed by atoms with E-state index >= 15 is 0 Å². The van der Waals surface area contributed by atoms with Gasteiger partial charge in [-0.15, -0.1) is 0 Å². The number of halogens is 1. The second-order valence-electron chi connectivity index (χ2n) is 9.63. The van der Waals surface area contributed by atoms with Crippen LogP contribution < -0.4 is 0 Å². The normalized spacial score (nSPS) is 29.6. The van der Waals surface area contributed by atoms with E-state index in [1.807, 2.05) is 9.80 Å². The van der Waals surface area contributed by atoms with E-state index in [4.69, 9.17) is 0 Å². The van der Waals surface area contributed by atoms with Crippen molar-refractivity contribution in [1.29, 1.82) is 0 Å². The largest absolute Gasteiger partial charge is 0.328 e. The summed E-state index contributed by atoms with van der Waals surface area (Å²) in [4.78, 5) is 31.0. The Balaban J connectivity index is 1.64. The minimum absolute atomic E-state index is 0.0304. The summed E-state index contributed by atoms with van der Waals surface area (Å²) in [6.45, 7) is 2.46. The molecule has 0 aromatic heterocycles. The number of hydrogen-bond acceptors (Lipinski definition) is 2. The van der Waals surface area contributed by atoms with E-state index in [2.05, 4.69) is 6.92 Å². The lowest BCUT2D eigenvalue weighted by atomic mass is 9.85. The molecule has 1 atom stereocenters. The number of carbonyl (C=O) groups is 2. The van der Waals surface area contributed by atoms with Crippen molar-refractivity contribution in [3.05, 3.63) is 35.6 Å². The van der Waals surface area contributed by atoms with Crippen molar-refractivity contribution in [2.75, 3.05) is 6.54 Å². The second kappa shape index (κ2) is 9.49. The summed E-state index contributed by atoms with van der Waals surface area (Å²) in [5.74, 6) is 0.469. The minimum Gasteiger partial charge on any atom is -0.328 e. The minimum atomic E-state index is -0.615. The van der Waals surface area contributed by atoms with E-state index in [1.165, 1.54) is 31.4 Å². The number of carbonyl (C=O) groups excluding carboxylic acids is 2. The molecule has 1 heterocycles. The van der Waals surface area contributed by atoms with Crippen LogP contribution in [0, 0.1) is 11.7 Å². The molecule has 0 N–H and O–H groups in total. The first kappa shape index (κ1) is 21.3. The molecule has 0 spiro atoms. The highest BCUT2D eigenvalue weighted by Crippen LogP contribution is 2.37. The van der Waals surface area contributed by atoms with Crippen LogP contribution in [-0.4, -0.2) is 40.2 Å². The van der Waals surface area contributed by atoms with E-state index in [-0.39, 0.29) is 36.3 Å². The zero-order chi connectivity index (χ0) is 21.1. The van der Waals surface area contributed by atoms with Gasteiger partial charge in [0.1, 0.15) is 18.4 Å². The highest BCUT2D eigenvalue weighted by molar-refractivity contribution is 5.96. The molecular formula is C25H35FN2O2. The molecular weight excluding hydrogens is 379 g/mol. The number of amides is 2. The number of piperazine rings is 1. The first-order valence-electron chi connectivity index (χ1n) is 11.9. The van der Waals surface area contributed by atoms with Gasteiger partial charge in [0.25, 0.3) is 5.91 Å². The fraction of sp³-hybridized carbons (Fsp3) is 0.680. The van der Waals surface area contributed by atoms with Crippen LogP contribution in [0.2, 0.25) is 0 Å². The van der Waals surface area contributed by atoms with Crippen molar-refractivity contribution in [3.63, 3.8) is 0 Å². The fourth-order valence-electron chi connectivity index (χ4n) is 5.66. The van der Waals surface area contributed by atoms with Crippen molar-refractivity contribution in [1.82, 2.24) is 9.80 Å². The topological polar surface area (TPSA) is 40.6 Å². The third-order valence-corrected chi connectivity index (χ3v) is 7.47. The van der Waals surface area contributed by atoms with Gasteiger partial charge in [0.05, 0.1) is 0 Å². The lowest BCUT2D eigenvalue weighted by Crippen LogP contribution is -2.61. The Labute approximate surface area is 179 Å². The molecule has 4 rings (SSSR count). The van der Waals surface area contributed by atoms with Gasteiger partial charge in [-0.05, 0) is 62.1 Å². The summed E-state index contributed by atoms with van der Waals surface area (Å²) in [5, 5.41) is 0. The van der Waals surface area contributed by atoms with E-state index in [0.29, 0.717) is 5.92 Å². The number of rotatable bonds is 3. The summed E-state index contributed by atoms with van der Waals surface area (Å²) in [6, 6.07) is 5.83. The van der Waals surface area contributed by atoms with Crippen LogP contribution in [0.25, 0.3) is 0 Å². The summed E-state index contributed by atoms with van der Waals surface area (Å²) >= 11 is 0. The Morgan fingerprint density at radius 2 is 1.40 bits per heavy atom. The average Bonchev–Trinajstić information content (AvgIpc) is 2.71. The highest BCUT2D eigenvalue weighted by atomic mass is 19.1. The van der Waals surface area contributed by atoms with Crippen LogP contribution >= 0.6 is 0 Å². The molecule has 30 heavy (non-hydrogen) atoms. The monoisotopic (exact) mass is 414 g/mol. The van der Waals surface area contributed by atoms with Crippen LogP contribution in [0.4, 0.5) is 4.39 Å². The molecule has 0 unspecified atom stereocenters. The van der Waals surface area contributed by atoms with Crippen LogP contribution in [0.5, 0.6) is 0 Å². The molecule has 2 saturated carbocycles. The molecule has 0 radical (unpaired) electrons. The molecule has 5 heteroatoms. The molecule has 0 bridgehead atoms. The molecule has 1 aromatic carbocycles. The Hall–Kier alpha value is -1.91. The third-order valence-electron chi connectivity index (χ3n) is 7.47. The van der Waals surface area contributed by atoms with Crippen LogP contribution in [0.3, 0.4) is 0 Å². The first-order chi connectivity index (χ1) is 14.5. The van der Waals surface area contributed by atoms with Gasteiger partial charge in [0, 0.05) is 12.1 Å². The first-order valence-corrected chi connectivity index (χ1v) is 11.9. The third kappa shape index (κ3) is 4.55. The summed E-state index contributed by atoms with van der Waals surface area (Å²) in [6.07, 6.45) is 11.9. The summed E-state index contributed by atoms with van der Waals surface area (Å²) < 4.78 is 13.6. The molecule has 3 aliphatic rings. The summed E-state index contributed by atoms with van der Waals surface area (Å²) in [7, 11) is 0. The predicted octanol–water partition coefficient (Wildman–Crippen LogP) is 5.23. The average molecular weight is 415 g/mol. The van der Waals surface area contributed by atoms with Gasteiger partial charge in [-0.2, -0.15) is 0 Å². The quantitative estimate of drug-likeness (QED) is 0.680. The number of benzene rings is 1. The van der Waals surface area contributed by atoms with Crippen LogP contribution in [0.1, 0.15) is 89.2 Å². The van der Waals surface area contributed by atoms with E-state index < -0.39 is 6.04 Å². The smallest absolute Gasteiger partial charge is 0.250 e. The molecule has 3 fully saturated rings. The van der Waals surface area contributed by atoms with Gasteiger partial charge >= 0.3 is 0 Å². The molecule has 2 amide bonds. The number of hydrogen-bond donors (Lipinski definition) is 0. The van der Waals surface area contributed by atoms with Gasteiger partial charge < -0.3 is 9.80 Å². The Bertz CT molecular complexity index is 734. The van der Waals surface area contributed by atoms with Crippen molar-refractivity contribution in [2.24, 2.45) is 5.92 Å². The number of nitrogens with zero attached hydrogens (tertiary/aromatic N) is 2. The Morgan fingerprint density at radius 3 is 2.03 bits per heavy atom. The van der Waals surface area contributed by atoms with Gasteiger partial charge in [-0.3, -0.25) is 9.59 Å².